The molecular formula is C18H20BrN3O2. The Kier molecular flexibility index (Phi) is 5.39. The number of anilines is 1. The average molecular weight is 390 g/mol. The first-order chi connectivity index (χ1) is 11.2. The third-order valence-electron chi connectivity index (χ3n) is 3.17. The number of aromatic nitrogens is 1. The molecule has 2 N–H and O–H groups in total. The van der Waals surface area contributed by atoms with E-state index in [0.717, 1.165) is 10.0 Å². The number of nitrogens with zero attached hydrogens (tertiary/aromatic N) is 1. The number of amides is 2. The Balaban J connectivity index is 2.16. The minimum absolute atomic E-state index is 0.260. The first kappa shape index (κ1) is 18.1. The molecule has 0 fully saturated rings. The number of hydrogen-bond acceptors (Lipinski definition) is 3. The van der Waals surface area contributed by atoms with Crippen molar-refractivity contribution in [3.63, 3.8) is 0 Å². The number of carbonyl (C=O) groups is 2. The Hall–Kier alpha value is -2.21. The van der Waals surface area contributed by atoms with E-state index < -0.39 is 0 Å². The van der Waals surface area contributed by atoms with Gasteiger partial charge in [-0.1, -0.05) is 15.9 Å². The summed E-state index contributed by atoms with van der Waals surface area (Å²) in [4.78, 5) is 28.6. The molecule has 0 saturated heterocycles. The molecule has 1 heterocycles. The van der Waals surface area contributed by atoms with Crippen molar-refractivity contribution in [3.05, 3.63) is 57.8 Å². The van der Waals surface area contributed by atoms with Crippen molar-refractivity contribution in [2.24, 2.45) is 0 Å². The van der Waals surface area contributed by atoms with Crippen molar-refractivity contribution in [3.8, 4) is 0 Å². The van der Waals surface area contributed by atoms with E-state index in [0.29, 0.717) is 16.8 Å². The molecule has 2 amide bonds. The van der Waals surface area contributed by atoms with E-state index in [1.54, 1.807) is 6.07 Å². The van der Waals surface area contributed by atoms with Gasteiger partial charge >= 0.3 is 0 Å². The van der Waals surface area contributed by atoms with Crippen LogP contribution in [0.2, 0.25) is 0 Å². The summed E-state index contributed by atoms with van der Waals surface area (Å²) < 4.78 is 0.975. The minimum atomic E-state index is -0.357. The lowest BCUT2D eigenvalue weighted by Crippen LogP contribution is -2.40. The van der Waals surface area contributed by atoms with E-state index in [2.05, 4.69) is 31.5 Å². The second-order valence-corrected chi connectivity index (χ2v) is 7.44. The molecule has 2 aromatic rings. The van der Waals surface area contributed by atoms with Gasteiger partial charge in [-0.25, -0.2) is 0 Å². The Morgan fingerprint density at radius 3 is 2.25 bits per heavy atom. The lowest BCUT2D eigenvalue weighted by molar-refractivity contribution is 0.0919. The molecule has 0 saturated carbocycles. The zero-order chi connectivity index (χ0) is 17.9. The van der Waals surface area contributed by atoms with Crippen LogP contribution in [0.4, 0.5) is 5.69 Å². The van der Waals surface area contributed by atoms with E-state index in [-0.39, 0.29) is 17.4 Å². The Bertz CT molecular complexity index is 782. The van der Waals surface area contributed by atoms with Gasteiger partial charge in [0.25, 0.3) is 11.8 Å². The molecular weight excluding hydrogens is 370 g/mol. The molecule has 0 aliphatic rings. The third-order valence-corrected chi connectivity index (χ3v) is 4.06. The number of aryl methyl sites for hydroxylation is 1. The van der Waals surface area contributed by atoms with Crippen LogP contribution >= 0.6 is 15.9 Å². The number of halogens is 1. The lowest BCUT2D eigenvalue weighted by atomic mass is 10.1. The van der Waals surface area contributed by atoms with Gasteiger partial charge in [-0.05, 0) is 57.5 Å². The van der Waals surface area contributed by atoms with Crippen LogP contribution in [0.25, 0.3) is 0 Å². The van der Waals surface area contributed by atoms with Gasteiger partial charge in [-0.15, -0.1) is 0 Å². The Labute approximate surface area is 150 Å². The summed E-state index contributed by atoms with van der Waals surface area (Å²) in [6, 6.07) is 7.08. The van der Waals surface area contributed by atoms with Crippen molar-refractivity contribution < 1.29 is 9.59 Å². The second kappa shape index (κ2) is 7.13. The van der Waals surface area contributed by atoms with Crippen LogP contribution in [-0.2, 0) is 0 Å². The Morgan fingerprint density at radius 2 is 1.67 bits per heavy atom. The maximum atomic E-state index is 12.4. The fraction of sp³-hybridized carbons (Fsp3) is 0.278. The monoisotopic (exact) mass is 389 g/mol. The zero-order valence-electron chi connectivity index (χ0n) is 14.1. The van der Waals surface area contributed by atoms with E-state index >= 15 is 0 Å². The summed E-state index contributed by atoms with van der Waals surface area (Å²) in [7, 11) is 0. The molecule has 0 bridgehead atoms. The van der Waals surface area contributed by atoms with E-state index in [4.69, 9.17) is 0 Å². The zero-order valence-corrected chi connectivity index (χ0v) is 15.7. The number of hydrogen-bond donors (Lipinski definition) is 2. The van der Waals surface area contributed by atoms with Gasteiger partial charge < -0.3 is 10.6 Å². The molecule has 2 rings (SSSR count). The average Bonchev–Trinajstić information content (AvgIpc) is 2.49. The number of carbonyl (C=O) groups excluding carboxylic acids is 2. The molecule has 24 heavy (non-hydrogen) atoms. The molecule has 126 valence electrons. The van der Waals surface area contributed by atoms with Gasteiger partial charge in [-0.2, -0.15) is 0 Å². The molecule has 0 atom stereocenters. The minimum Gasteiger partial charge on any atom is -0.347 e. The number of pyridine rings is 1. The molecule has 0 unspecified atom stereocenters. The first-order valence-electron chi connectivity index (χ1n) is 7.51. The van der Waals surface area contributed by atoms with E-state index in [9.17, 15) is 9.59 Å². The SMILES string of the molecule is Cc1cc(NC(=O)c2cncc(C(=O)NC(C)(C)C)c2)ccc1Br. The molecule has 0 radical (unpaired) electrons. The number of nitrogens with one attached hydrogen (secondary N) is 2. The second-order valence-electron chi connectivity index (χ2n) is 6.58. The van der Waals surface area contributed by atoms with Crippen LogP contribution in [-0.4, -0.2) is 22.3 Å². The van der Waals surface area contributed by atoms with Crippen molar-refractivity contribution in [2.45, 2.75) is 33.2 Å². The van der Waals surface area contributed by atoms with E-state index in [1.807, 2.05) is 39.8 Å². The first-order valence-corrected chi connectivity index (χ1v) is 8.30. The van der Waals surface area contributed by atoms with Gasteiger partial charge in [0.2, 0.25) is 0 Å². The van der Waals surface area contributed by atoms with E-state index in [1.165, 1.54) is 18.5 Å². The molecule has 1 aromatic heterocycles. The number of benzene rings is 1. The highest BCUT2D eigenvalue weighted by Gasteiger charge is 2.17. The summed E-state index contributed by atoms with van der Waals surface area (Å²) in [6.45, 7) is 7.62. The summed E-state index contributed by atoms with van der Waals surface area (Å²) >= 11 is 3.42. The van der Waals surface area contributed by atoms with Gasteiger partial charge in [0.1, 0.15) is 0 Å². The fourth-order valence-electron chi connectivity index (χ4n) is 2.03. The van der Waals surface area contributed by atoms with Crippen molar-refractivity contribution in [1.29, 1.82) is 0 Å². The van der Waals surface area contributed by atoms with Crippen LogP contribution < -0.4 is 10.6 Å². The predicted molar refractivity (Wildman–Crippen MR) is 98.3 cm³/mol. The summed E-state index contributed by atoms with van der Waals surface area (Å²) in [6.07, 6.45) is 2.89. The van der Waals surface area contributed by atoms with Crippen molar-refractivity contribution in [2.75, 3.05) is 5.32 Å². The normalized spacial score (nSPS) is 11.0. The van der Waals surface area contributed by atoms with Crippen molar-refractivity contribution in [1.82, 2.24) is 10.3 Å². The molecule has 6 heteroatoms. The number of rotatable bonds is 3. The largest absolute Gasteiger partial charge is 0.347 e. The van der Waals surface area contributed by atoms with Crippen LogP contribution in [0.5, 0.6) is 0 Å². The highest BCUT2D eigenvalue weighted by molar-refractivity contribution is 9.10. The lowest BCUT2D eigenvalue weighted by Gasteiger charge is -2.20. The molecule has 0 aliphatic carbocycles. The fourth-order valence-corrected chi connectivity index (χ4v) is 2.27. The quantitative estimate of drug-likeness (QED) is 0.834. The van der Waals surface area contributed by atoms with Crippen LogP contribution in [0.15, 0.2) is 41.1 Å². The molecule has 5 nitrogen and oxygen atoms in total. The molecule has 1 aromatic carbocycles. The Morgan fingerprint density at radius 1 is 1.04 bits per heavy atom. The van der Waals surface area contributed by atoms with Gasteiger partial charge in [0, 0.05) is 28.1 Å². The third kappa shape index (κ3) is 4.89. The predicted octanol–water partition coefficient (Wildman–Crippen LogP) is 3.93. The topological polar surface area (TPSA) is 71.1 Å². The molecule has 0 spiro atoms. The summed E-state index contributed by atoms with van der Waals surface area (Å²) in [5, 5.41) is 5.66. The van der Waals surface area contributed by atoms with Crippen LogP contribution in [0.3, 0.4) is 0 Å². The molecule has 0 aliphatic heterocycles. The summed E-state index contributed by atoms with van der Waals surface area (Å²) in [5.41, 5.74) is 2.03. The van der Waals surface area contributed by atoms with Gasteiger partial charge in [-0.3, -0.25) is 14.6 Å². The summed E-state index contributed by atoms with van der Waals surface area (Å²) in [5.74, 6) is -0.571. The van der Waals surface area contributed by atoms with Gasteiger partial charge in [0.15, 0.2) is 0 Å². The maximum Gasteiger partial charge on any atom is 0.257 e. The van der Waals surface area contributed by atoms with Crippen molar-refractivity contribution >= 4 is 33.4 Å². The van der Waals surface area contributed by atoms with Crippen LogP contribution in [0.1, 0.15) is 47.1 Å². The highest BCUT2D eigenvalue weighted by atomic mass is 79.9. The van der Waals surface area contributed by atoms with Crippen LogP contribution in [0, 0.1) is 6.92 Å². The standard InChI is InChI=1S/C18H20BrN3O2/c1-11-7-14(5-6-15(11)19)21-16(23)12-8-13(10-20-9-12)17(24)22-18(2,3)4/h5-10H,1-4H3,(H,21,23)(H,22,24). The maximum absolute atomic E-state index is 12.4. The smallest absolute Gasteiger partial charge is 0.257 e. The highest BCUT2D eigenvalue weighted by Crippen LogP contribution is 2.20. The van der Waals surface area contributed by atoms with Gasteiger partial charge in [0.05, 0.1) is 11.1 Å².